The van der Waals surface area contributed by atoms with E-state index < -0.39 is 0 Å². The number of carbonyl (C=O) groups excluding carboxylic acids is 1. The van der Waals surface area contributed by atoms with Crippen LogP contribution in [0.2, 0.25) is 0 Å². The minimum Gasteiger partial charge on any atom is -0.494 e. The standard InChI is InChI=1S/C18H17NO2S2/c1-3-21-14-8-9-15-17(10-14)23-18(19-15)22-11-16(20)13-6-4-12(2)5-7-13/h4-10H,3,11H2,1-2H3. The van der Waals surface area contributed by atoms with E-state index in [1.165, 1.54) is 11.8 Å². The van der Waals surface area contributed by atoms with E-state index >= 15 is 0 Å². The molecule has 0 aliphatic rings. The van der Waals surface area contributed by atoms with Crippen molar-refractivity contribution in [1.29, 1.82) is 0 Å². The van der Waals surface area contributed by atoms with Crippen LogP contribution in [-0.4, -0.2) is 23.1 Å². The molecule has 118 valence electrons. The number of hydrogen-bond donors (Lipinski definition) is 0. The highest BCUT2D eigenvalue weighted by Gasteiger charge is 2.10. The summed E-state index contributed by atoms with van der Waals surface area (Å²) in [4.78, 5) is 16.8. The van der Waals surface area contributed by atoms with E-state index in [1.54, 1.807) is 11.3 Å². The number of benzene rings is 2. The summed E-state index contributed by atoms with van der Waals surface area (Å²) >= 11 is 3.09. The molecule has 1 heterocycles. The molecule has 23 heavy (non-hydrogen) atoms. The Balaban J connectivity index is 1.69. The summed E-state index contributed by atoms with van der Waals surface area (Å²) in [5.74, 6) is 1.39. The maximum absolute atomic E-state index is 12.2. The van der Waals surface area contributed by atoms with Crippen LogP contribution < -0.4 is 4.74 Å². The molecule has 0 bridgehead atoms. The van der Waals surface area contributed by atoms with Gasteiger partial charge in [0.2, 0.25) is 0 Å². The van der Waals surface area contributed by atoms with Crippen molar-refractivity contribution in [2.45, 2.75) is 18.2 Å². The second-order valence-corrected chi connectivity index (χ2v) is 7.37. The molecule has 3 rings (SSSR count). The van der Waals surface area contributed by atoms with Crippen molar-refractivity contribution in [1.82, 2.24) is 4.98 Å². The van der Waals surface area contributed by atoms with E-state index in [1.807, 2.05) is 56.3 Å². The fourth-order valence-electron chi connectivity index (χ4n) is 2.15. The minimum absolute atomic E-state index is 0.129. The Morgan fingerprint density at radius 3 is 2.74 bits per heavy atom. The monoisotopic (exact) mass is 343 g/mol. The van der Waals surface area contributed by atoms with Crippen LogP contribution in [0.25, 0.3) is 10.2 Å². The van der Waals surface area contributed by atoms with Gasteiger partial charge in [0, 0.05) is 5.56 Å². The molecule has 0 N–H and O–H groups in total. The van der Waals surface area contributed by atoms with Gasteiger partial charge in [-0.05, 0) is 32.0 Å². The summed E-state index contributed by atoms with van der Waals surface area (Å²) in [6, 6.07) is 13.6. The number of aromatic nitrogens is 1. The van der Waals surface area contributed by atoms with Crippen molar-refractivity contribution in [2.75, 3.05) is 12.4 Å². The molecule has 0 amide bonds. The smallest absolute Gasteiger partial charge is 0.173 e. The largest absolute Gasteiger partial charge is 0.494 e. The lowest BCUT2D eigenvalue weighted by Gasteiger charge is -2.00. The second kappa shape index (κ2) is 7.15. The van der Waals surface area contributed by atoms with Crippen LogP contribution in [0.1, 0.15) is 22.8 Å². The van der Waals surface area contributed by atoms with Crippen LogP contribution in [0, 0.1) is 6.92 Å². The van der Waals surface area contributed by atoms with Gasteiger partial charge in [-0.2, -0.15) is 0 Å². The van der Waals surface area contributed by atoms with Crippen molar-refractivity contribution >= 4 is 39.1 Å². The topological polar surface area (TPSA) is 39.2 Å². The molecule has 3 aromatic rings. The SMILES string of the molecule is CCOc1ccc2nc(SCC(=O)c3ccc(C)cc3)sc2c1. The van der Waals surface area contributed by atoms with Gasteiger partial charge in [0.25, 0.3) is 0 Å². The van der Waals surface area contributed by atoms with Crippen LogP contribution in [0.15, 0.2) is 46.8 Å². The van der Waals surface area contributed by atoms with Gasteiger partial charge in [-0.15, -0.1) is 11.3 Å². The third kappa shape index (κ3) is 3.92. The fourth-order valence-corrected chi connectivity index (χ4v) is 4.14. The molecule has 1 aromatic heterocycles. The van der Waals surface area contributed by atoms with Crippen molar-refractivity contribution in [3.63, 3.8) is 0 Å². The molecule has 2 aromatic carbocycles. The average Bonchev–Trinajstić information content (AvgIpc) is 2.96. The minimum atomic E-state index is 0.129. The lowest BCUT2D eigenvalue weighted by Crippen LogP contribution is -2.01. The number of Topliss-reactive ketones (excluding diaryl/α,β-unsaturated/α-hetero) is 1. The van der Waals surface area contributed by atoms with E-state index in [9.17, 15) is 4.79 Å². The van der Waals surface area contributed by atoms with E-state index in [0.717, 1.165) is 31.4 Å². The van der Waals surface area contributed by atoms with E-state index in [4.69, 9.17) is 4.74 Å². The maximum atomic E-state index is 12.2. The molecule has 3 nitrogen and oxygen atoms in total. The molecule has 0 spiro atoms. The van der Waals surface area contributed by atoms with Gasteiger partial charge >= 0.3 is 0 Å². The van der Waals surface area contributed by atoms with Crippen LogP contribution in [0.4, 0.5) is 0 Å². The number of fused-ring (bicyclic) bond motifs is 1. The number of nitrogens with zero attached hydrogens (tertiary/aromatic N) is 1. The summed E-state index contributed by atoms with van der Waals surface area (Å²) in [5.41, 5.74) is 2.86. The van der Waals surface area contributed by atoms with E-state index in [2.05, 4.69) is 4.98 Å². The number of rotatable bonds is 6. The highest BCUT2D eigenvalue weighted by molar-refractivity contribution is 8.01. The highest BCUT2D eigenvalue weighted by atomic mass is 32.2. The number of carbonyl (C=O) groups is 1. The molecule has 0 aliphatic heterocycles. The van der Waals surface area contributed by atoms with Crippen LogP contribution >= 0.6 is 23.1 Å². The van der Waals surface area contributed by atoms with Gasteiger partial charge in [-0.1, -0.05) is 41.6 Å². The number of thiazole rings is 1. The Morgan fingerprint density at radius 2 is 2.00 bits per heavy atom. The van der Waals surface area contributed by atoms with Gasteiger partial charge in [0.1, 0.15) is 5.75 Å². The first kappa shape index (κ1) is 16.0. The Morgan fingerprint density at radius 1 is 1.22 bits per heavy atom. The Bertz CT molecular complexity index is 825. The zero-order valence-electron chi connectivity index (χ0n) is 13.0. The zero-order chi connectivity index (χ0) is 16.2. The molecule has 0 fully saturated rings. The molecule has 0 radical (unpaired) electrons. The molecule has 0 aliphatic carbocycles. The van der Waals surface area contributed by atoms with Crippen LogP contribution in [0.3, 0.4) is 0 Å². The second-order valence-electron chi connectivity index (χ2n) is 5.12. The first-order valence-electron chi connectivity index (χ1n) is 7.42. The summed E-state index contributed by atoms with van der Waals surface area (Å²) in [6.07, 6.45) is 0. The van der Waals surface area contributed by atoms with Crippen LogP contribution in [-0.2, 0) is 0 Å². The molecule has 0 atom stereocenters. The van der Waals surface area contributed by atoms with Gasteiger partial charge in [0.15, 0.2) is 10.1 Å². The van der Waals surface area contributed by atoms with E-state index in [0.29, 0.717) is 12.4 Å². The van der Waals surface area contributed by atoms with Crippen molar-refractivity contribution < 1.29 is 9.53 Å². The Hall–Kier alpha value is -1.85. The normalized spacial score (nSPS) is 10.9. The molecule has 0 saturated carbocycles. The number of ketones is 1. The van der Waals surface area contributed by atoms with Gasteiger partial charge in [-0.25, -0.2) is 4.98 Å². The third-order valence-electron chi connectivity index (χ3n) is 3.35. The Labute approximate surface area is 143 Å². The average molecular weight is 343 g/mol. The molecule has 0 saturated heterocycles. The predicted octanol–water partition coefficient (Wildman–Crippen LogP) is 4.98. The number of aryl methyl sites for hydroxylation is 1. The summed E-state index contributed by atoms with van der Waals surface area (Å²) in [5, 5.41) is 0. The van der Waals surface area contributed by atoms with Crippen molar-refractivity contribution in [3.05, 3.63) is 53.6 Å². The molecular weight excluding hydrogens is 326 g/mol. The Kier molecular flexibility index (Phi) is 4.98. The zero-order valence-corrected chi connectivity index (χ0v) is 14.7. The quantitative estimate of drug-likeness (QED) is 0.467. The molecular formula is C18H17NO2S2. The lowest BCUT2D eigenvalue weighted by molar-refractivity contribution is 0.102. The summed E-state index contributed by atoms with van der Waals surface area (Å²) in [7, 11) is 0. The molecule has 0 unspecified atom stereocenters. The molecule has 5 heteroatoms. The van der Waals surface area contributed by atoms with Gasteiger partial charge in [0.05, 0.1) is 22.6 Å². The van der Waals surface area contributed by atoms with E-state index in [-0.39, 0.29) is 5.78 Å². The van der Waals surface area contributed by atoms with Gasteiger partial charge in [-0.3, -0.25) is 4.79 Å². The predicted molar refractivity (Wildman–Crippen MR) is 97.0 cm³/mol. The highest BCUT2D eigenvalue weighted by Crippen LogP contribution is 2.32. The summed E-state index contributed by atoms with van der Waals surface area (Å²) in [6.45, 7) is 4.63. The first-order valence-corrected chi connectivity index (χ1v) is 9.22. The van der Waals surface area contributed by atoms with Crippen LogP contribution in [0.5, 0.6) is 5.75 Å². The number of hydrogen-bond acceptors (Lipinski definition) is 5. The van der Waals surface area contributed by atoms with Crippen molar-refractivity contribution in [2.24, 2.45) is 0 Å². The maximum Gasteiger partial charge on any atom is 0.173 e. The van der Waals surface area contributed by atoms with Gasteiger partial charge < -0.3 is 4.74 Å². The summed E-state index contributed by atoms with van der Waals surface area (Å²) < 4.78 is 7.50. The lowest BCUT2D eigenvalue weighted by atomic mass is 10.1. The number of ether oxygens (including phenoxy) is 1. The first-order chi connectivity index (χ1) is 11.2. The number of thioether (sulfide) groups is 1. The van der Waals surface area contributed by atoms with Crippen molar-refractivity contribution in [3.8, 4) is 5.75 Å². The fraction of sp³-hybridized carbons (Fsp3) is 0.222. The third-order valence-corrected chi connectivity index (χ3v) is 5.51.